The van der Waals surface area contributed by atoms with Crippen molar-refractivity contribution < 1.29 is 13.2 Å². The molecule has 1 aliphatic rings. The van der Waals surface area contributed by atoms with Crippen LogP contribution in [0, 0.1) is 5.92 Å². The van der Waals surface area contributed by atoms with E-state index in [9.17, 15) is 13.2 Å². The van der Waals surface area contributed by atoms with Gasteiger partial charge >= 0.3 is 6.18 Å². The Morgan fingerprint density at radius 1 is 1.44 bits per heavy atom. The van der Waals surface area contributed by atoms with E-state index in [-0.39, 0.29) is 17.8 Å². The molecular weight excluding hydrogens is 221 g/mol. The zero-order chi connectivity index (χ0) is 11.9. The highest BCUT2D eigenvalue weighted by molar-refractivity contribution is 5.43. The Morgan fingerprint density at radius 2 is 2.06 bits per heavy atom. The molecule has 1 saturated carbocycles. The van der Waals surface area contributed by atoms with Crippen LogP contribution in [0.25, 0.3) is 0 Å². The van der Waals surface area contributed by atoms with Gasteiger partial charge in [0.1, 0.15) is 5.82 Å². The number of nitrogens with two attached hydrogens (primary N) is 1. The number of nitrogens with zero attached hydrogens (tertiary/aromatic N) is 2. The van der Waals surface area contributed by atoms with Crippen molar-refractivity contribution in [3.8, 4) is 0 Å². The monoisotopic (exact) mass is 232 g/mol. The van der Waals surface area contributed by atoms with Crippen molar-refractivity contribution >= 4 is 11.8 Å². The first-order chi connectivity index (χ1) is 7.36. The molecule has 0 aliphatic heterocycles. The van der Waals surface area contributed by atoms with Crippen molar-refractivity contribution in [3.05, 3.63) is 11.8 Å². The fourth-order valence-electron chi connectivity index (χ4n) is 1.40. The van der Waals surface area contributed by atoms with Crippen molar-refractivity contribution in [2.24, 2.45) is 5.92 Å². The first-order valence-corrected chi connectivity index (χ1v) is 4.84. The fourth-order valence-corrected chi connectivity index (χ4v) is 1.40. The third kappa shape index (κ3) is 2.34. The predicted molar refractivity (Wildman–Crippen MR) is 52.6 cm³/mol. The van der Waals surface area contributed by atoms with Crippen LogP contribution in [0.3, 0.4) is 0 Å². The van der Waals surface area contributed by atoms with Crippen molar-refractivity contribution in [2.45, 2.75) is 25.6 Å². The minimum atomic E-state index is -4.50. The van der Waals surface area contributed by atoms with Gasteiger partial charge in [0.15, 0.2) is 5.69 Å². The van der Waals surface area contributed by atoms with Gasteiger partial charge in [-0.25, -0.2) is 4.98 Å². The summed E-state index contributed by atoms with van der Waals surface area (Å²) >= 11 is 0. The highest BCUT2D eigenvalue weighted by atomic mass is 19.4. The summed E-state index contributed by atoms with van der Waals surface area (Å²) in [4.78, 5) is 6.87. The first kappa shape index (κ1) is 11.0. The predicted octanol–water partition coefficient (Wildman–Crippen LogP) is 1.90. The van der Waals surface area contributed by atoms with Crippen molar-refractivity contribution in [1.29, 1.82) is 0 Å². The van der Waals surface area contributed by atoms with Crippen LogP contribution in [-0.2, 0) is 6.18 Å². The fraction of sp³-hybridized carbons (Fsp3) is 0.556. The van der Waals surface area contributed by atoms with Crippen LogP contribution < -0.4 is 11.1 Å². The van der Waals surface area contributed by atoms with Crippen LogP contribution in [-0.4, -0.2) is 16.0 Å². The van der Waals surface area contributed by atoms with Gasteiger partial charge in [0.2, 0.25) is 5.95 Å². The maximum Gasteiger partial charge on any atom is 0.433 e. The third-order valence-corrected chi connectivity index (χ3v) is 2.48. The summed E-state index contributed by atoms with van der Waals surface area (Å²) in [5.41, 5.74) is 4.21. The molecule has 1 aromatic rings. The van der Waals surface area contributed by atoms with Crippen LogP contribution in [0.2, 0.25) is 0 Å². The number of hydrogen-bond acceptors (Lipinski definition) is 4. The number of rotatable bonds is 2. The minimum Gasteiger partial charge on any atom is -0.368 e. The number of nitrogen functional groups attached to an aromatic ring is 1. The van der Waals surface area contributed by atoms with Crippen LogP contribution in [0.1, 0.15) is 19.0 Å². The smallest absolute Gasteiger partial charge is 0.368 e. The summed E-state index contributed by atoms with van der Waals surface area (Å²) < 4.78 is 37.2. The van der Waals surface area contributed by atoms with E-state index in [4.69, 9.17) is 5.73 Å². The molecule has 2 unspecified atom stereocenters. The lowest BCUT2D eigenvalue weighted by molar-refractivity contribution is -0.141. The van der Waals surface area contributed by atoms with E-state index in [1.165, 1.54) is 0 Å². The number of aromatic nitrogens is 2. The van der Waals surface area contributed by atoms with Gasteiger partial charge in [-0.05, 0) is 12.3 Å². The Balaban J connectivity index is 2.22. The van der Waals surface area contributed by atoms with Gasteiger partial charge < -0.3 is 11.1 Å². The standard InChI is InChI=1S/C9H11F3N4/c1-4-2-5(4)14-7-3-6(9(10,11)12)15-8(13)16-7/h3-5H,2H2,1H3,(H3,13,14,15,16). The molecule has 1 fully saturated rings. The summed E-state index contributed by atoms with van der Waals surface area (Å²) in [5.74, 6) is 0.227. The van der Waals surface area contributed by atoms with Crippen LogP contribution in [0.15, 0.2) is 6.07 Å². The van der Waals surface area contributed by atoms with Crippen molar-refractivity contribution in [2.75, 3.05) is 11.1 Å². The zero-order valence-corrected chi connectivity index (χ0v) is 8.54. The highest BCUT2D eigenvalue weighted by Gasteiger charge is 2.36. The molecule has 0 bridgehead atoms. The molecule has 88 valence electrons. The van der Waals surface area contributed by atoms with E-state index in [0.717, 1.165) is 12.5 Å². The average molecular weight is 232 g/mol. The summed E-state index contributed by atoms with van der Waals surface area (Å²) in [6.45, 7) is 2.01. The van der Waals surface area contributed by atoms with E-state index < -0.39 is 11.9 Å². The van der Waals surface area contributed by atoms with E-state index in [0.29, 0.717) is 5.92 Å². The number of anilines is 2. The van der Waals surface area contributed by atoms with Gasteiger partial charge in [0.25, 0.3) is 0 Å². The molecule has 16 heavy (non-hydrogen) atoms. The molecule has 2 atom stereocenters. The average Bonchev–Trinajstić information content (AvgIpc) is 2.79. The Labute approximate surface area is 90.1 Å². The Kier molecular flexibility index (Phi) is 2.40. The Morgan fingerprint density at radius 3 is 2.56 bits per heavy atom. The second-order valence-corrected chi connectivity index (χ2v) is 3.96. The van der Waals surface area contributed by atoms with Gasteiger partial charge in [0.05, 0.1) is 0 Å². The lowest BCUT2D eigenvalue weighted by Crippen LogP contribution is -2.14. The van der Waals surface area contributed by atoms with Crippen molar-refractivity contribution in [1.82, 2.24) is 9.97 Å². The maximum atomic E-state index is 12.4. The second-order valence-electron chi connectivity index (χ2n) is 3.96. The van der Waals surface area contributed by atoms with Crippen LogP contribution in [0.4, 0.5) is 24.9 Å². The molecular formula is C9H11F3N4. The number of alkyl halides is 3. The van der Waals surface area contributed by atoms with Crippen LogP contribution >= 0.6 is 0 Å². The van der Waals surface area contributed by atoms with Gasteiger partial charge in [-0.1, -0.05) is 6.92 Å². The summed E-state index contributed by atoms with van der Waals surface area (Å²) in [7, 11) is 0. The molecule has 7 heteroatoms. The molecule has 2 rings (SSSR count). The maximum absolute atomic E-state index is 12.4. The Bertz CT molecular complexity index is 404. The van der Waals surface area contributed by atoms with Crippen LogP contribution in [0.5, 0.6) is 0 Å². The Hall–Kier alpha value is -1.53. The summed E-state index contributed by atoms with van der Waals surface area (Å²) in [6, 6.07) is 1.07. The number of nitrogens with one attached hydrogen (secondary N) is 1. The largest absolute Gasteiger partial charge is 0.433 e. The first-order valence-electron chi connectivity index (χ1n) is 4.84. The van der Waals surface area contributed by atoms with E-state index >= 15 is 0 Å². The van der Waals surface area contributed by atoms with E-state index in [1.54, 1.807) is 0 Å². The zero-order valence-electron chi connectivity index (χ0n) is 8.54. The van der Waals surface area contributed by atoms with Gasteiger partial charge in [-0.3, -0.25) is 0 Å². The van der Waals surface area contributed by atoms with E-state index in [2.05, 4.69) is 15.3 Å². The third-order valence-electron chi connectivity index (χ3n) is 2.48. The molecule has 1 heterocycles. The summed E-state index contributed by atoms with van der Waals surface area (Å²) in [5, 5.41) is 2.89. The molecule has 0 amide bonds. The molecule has 3 N–H and O–H groups in total. The topological polar surface area (TPSA) is 63.8 Å². The SMILES string of the molecule is CC1CC1Nc1cc(C(F)(F)F)nc(N)n1. The molecule has 1 aliphatic carbocycles. The molecule has 0 saturated heterocycles. The number of halogens is 3. The normalized spacial score (nSPS) is 24.2. The highest BCUT2D eigenvalue weighted by Crippen LogP contribution is 2.34. The lowest BCUT2D eigenvalue weighted by Gasteiger charge is -2.09. The second kappa shape index (κ2) is 3.50. The van der Waals surface area contributed by atoms with Gasteiger partial charge in [0, 0.05) is 12.1 Å². The summed E-state index contributed by atoms with van der Waals surface area (Å²) in [6.07, 6.45) is -3.56. The molecule has 0 aromatic carbocycles. The molecule has 0 spiro atoms. The van der Waals surface area contributed by atoms with E-state index in [1.807, 2.05) is 6.92 Å². The van der Waals surface area contributed by atoms with Gasteiger partial charge in [-0.2, -0.15) is 18.2 Å². The van der Waals surface area contributed by atoms with Gasteiger partial charge in [-0.15, -0.1) is 0 Å². The molecule has 1 aromatic heterocycles. The lowest BCUT2D eigenvalue weighted by atomic mass is 10.3. The molecule has 4 nitrogen and oxygen atoms in total. The quantitative estimate of drug-likeness (QED) is 0.817. The molecule has 0 radical (unpaired) electrons. The van der Waals surface area contributed by atoms with Crippen molar-refractivity contribution in [3.63, 3.8) is 0 Å². The minimum absolute atomic E-state index is 0.133. The number of hydrogen-bond donors (Lipinski definition) is 2.